The van der Waals surface area contributed by atoms with Crippen molar-refractivity contribution in [2.75, 3.05) is 18.1 Å². The number of hydrogen-bond acceptors (Lipinski definition) is 5. The molecule has 1 fully saturated rings. The molecule has 0 bridgehead atoms. The van der Waals surface area contributed by atoms with Gasteiger partial charge in [-0.3, -0.25) is 19.8 Å². The van der Waals surface area contributed by atoms with Crippen LogP contribution in [-0.4, -0.2) is 30.1 Å². The molecular formula is C27H26N2O4S. The van der Waals surface area contributed by atoms with Crippen LogP contribution in [0.3, 0.4) is 0 Å². The molecule has 7 heteroatoms. The molecule has 34 heavy (non-hydrogen) atoms. The van der Waals surface area contributed by atoms with E-state index in [0.717, 1.165) is 21.9 Å². The molecule has 0 aliphatic carbocycles. The number of rotatable bonds is 6. The molecule has 0 saturated carbocycles. The number of hydrogen-bond donors (Lipinski definition) is 1. The fourth-order valence-corrected chi connectivity index (χ4v) is 4.26. The summed E-state index contributed by atoms with van der Waals surface area (Å²) in [5.41, 5.74) is 3.18. The molecule has 1 aliphatic heterocycles. The zero-order valence-corrected chi connectivity index (χ0v) is 20.4. The monoisotopic (exact) mass is 474 g/mol. The summed E-state index contributed by atoms with van der Waals surface area (Å²) in [5.74, 6) is 0.240. The third kappa shape index (κ3) is 4.26. The molecule has 1 saturated heterocycles. The average Bonchev–Trinajstić information content (AvgIpc) is 2.80. The highest BCUT2D eigenvalue weighted by Gasteiger charge is 2.35. The molecule has 2 amide bonds. The van der Waals surface area contributed by atoms with Crippen molar-refractivity contribution in [3.8, 4) is 11.5 Å². The highest BCUT2D eigenvalue weighted by atomic mass is 32.1. The van der Waals surface area contributed by atoms with Gasteiger partial charge in [-0.25, -0.2) is 0 Å². The normalized spacial score (nSPS) is 15.1. The minimum atomic E-state index is -0.544. The van der Waals surface area contributed by atoms with Crippen molar-refractivity contribution in [1.82, 2.24) is 5.32 Å². The van der Waals surface area contributed by atoms with Gasteiger partial charge in [0.15, 0.2) is 5.11 Å². The lowest BCUT2D eigenvalue weighted by atomic mass is 9.99. The predicted molar refractivity (Wildman–Crippen MR) is 138 cm³/mol. The summed E-state index contributed by atoms with van der Waals surface area (Å²) < 4.78 is 11.5. The summed E-state index contributed by atoms with van der Waals surface area (Å²) in [6.45, 7) is 8.65. The Hall–Kier alpha value is -3.71. The number of nitrogens with zero attached hydrogens (tertiary/aromatic N) is 1. The molecule has 174 valence electrons. The van der Waals surface area contributed by atoms with E-state index in [4.69, 9.17) is 21.7 Å². The highest BCUT2D eigenvalue weighted by Crippen LogP contribution is 2.34. The Morgan fingerprint density at radius 2 is 1.74 bits per heavy atom. The van der Waals surface area contributed by atoms with Crippen LogP contribution in [0.1, 0.15) is 30.5 Å². The molecule has 1 N–H and O–H groups in total. The minimum absolute atomic E-state index is 0.0234. The maximum absolute atomic E-state index is 13.6. The Morgan fingerprint density at radius 3 is 2.47 bits per heavy atom. The summed E-state index contributed by atoms with van der Waals surface area (Å²) in [5, 5.41) is 4.48. The van der Waals surface area contributed by atoms with E-state index in [1.807, 2.05) is 76.2 Å². The van der Waals surface area contributed by atoms with E-state index in [0.29, 0.717) is 36.0 Å². The van der Waals surface area contributed by atoms with Crippen LogP contribution < -0.4 is 19.7 Å². The first-order valence-corrected chi connectivity index (χ1v) is 11.6. The van der Waals surface area contributed by atoms with Gasteiger partial charge in [0.05, 0.1) is 18.9 Å². The molecular weight excluding hydrogens is 448 g/mol. The Labute approximate surface area is 204 Å². The van der Waals surface area contributed by atoms with Gasteiger partial charge < -0.3 is 9.47 Å². The quantitative estimate of drug-likeness (QED) is 0.306. The van der Waals surface area contributed by atoms with E-state index < -0.39 is 11.8 Å². The van der Waals surface area contributed by atoms with Crippen molar-refractivity contribution in [3.05, 3.63) is 70.8 Å². The Kier molecular flexibility index (Phi) is 6.65. The number of carbonyl (C=O) groups excluding carboxylic acids is 2. The van der Waals surface area contributed by atoms with Gasteiger partial charge in [0.25, 0.3) is 11.8 Å². The second-order valence-corrected chi connectivity index (χ2v) is 8.29. The van der Waals surface area contributed by atoms with Gasteiger partial charge >= 0.3 is 0 Å². The van der Waals surface area contributed by atoms with Crippen LogP contribution in [0, 0.1) is 13.8 Å². The maximum Gasteiger partial charge on any atom is 0.270 e. The number of thiocarbonyl (C=S) groups is 1. The Bertz CT molecular complexity index is 1340. The zero-order valence-electron chi connectivity index (χ0n) is 19.6. The predicted octanol–water partition coefficient (Wildman–Crippen LogP) is 5.09. The summed E-state index contributed by atoms with van der Waals surface area (Å²) in [6.07, 6.45) is 1.58. The summed E-state index contributed by atoms with van der Waals surface area (Å²) in [7, 11) is 0. The molecule has 6 nitrogen and oxygen atoms in total. The van der Waals surface area contributed by atoms with E-state index in [9.17, 15) is 9.59 Å². The number of fused-ring (bicyclic) bond motifs is 1. The van der Waals surface area contributed by atoms with Crippen LogP contribution in [0.25, 0.3) is 16.8 Å². The van der Waals surface area contributed by atoms with Gasteiger partial charge in [-0.2, -0.15) is 0 Å². The summed E-state index contributed by atoms with van der Waals surface area (Å²) >= 11 is 5.38. The van der Waals surface area contributed by atoms with Crippen molar-refractivity contribution in [2.24, 2.45) is 0 Å². The van der Waals surface area contributed by atoms with E-state index >= 15 is 0 Å². The minimum Gasteiger partial charge on any atom is -0.494 e. The van der Waals surface area contributed by atoms with Crippen molar-refractivity contribution < 1.29 is 19.1 Å². The van der Waals surface area contributed by atoms with Crippen molar-refractivity contribution in [1.29, 1.82) is 0 Å². The lowest BCUT2D eigenvalue weighted by molar-refractivity contribution is -0.122. The Morgan fingerprint density at radius 1 is 1.00 bits per heavy atom. The number of nitrogens with one attached hydrogen (secondary N) is 1. The van der Waals surface area contributed by atoms with E-state index in [1.54, 1.807) is 6.08 Å². The molecule has 0 spiro atoms. The number of aryl methyl sites for hydroxylation is 1. The third-order valence-corrected chi connectivity index (χ3v) is 6.10. The molecule has 3 aromatic rings. The summed E-state index contributed by atoms with van der Waals surface area (Å²) in [4.78, 5) is 28.0. The van der Waals surface area contributed by atoms with Crippen molar-refractivity contribution in [3.63, 3.8) is 0 Å². The topological polar surface area (TPSA) is 67.9 Å². The fourth-order valence-electron chi connectivity index (χ4n) is 3.99. The van der Waals surface area contributed by atoms with E-state index in [-0.39, 0.29) is 10.7 Å². The number of ether oxygens (including phenoxy) is 2. The highest BCUT2D eigenvalue weighted by molar-refractivity contribution is 7.80. The van der Waals surface area contributed by atoms with Crippen LogP contribution in [0.4, 0.5) is 5.69 Å². The molecule has 0 atom stereocenters. The van der Waals surface area contributed by atoms with Crippen molar-refractivity contribution in [2.45, 2.75) is 27.7 Å². The first-order chi connectivity index (χ1) is 16.3. The lowest BCUT2D eigenvalue weighted by Gasteiger charge is -2.30. The van der Waals surface area contributed by atoms with Gasteiger partial charge in [-0.1, -0.05) is 24.3 Å². The van der Waals surface area contributed by atoms with Gasteiger partial charge in [-0.15, -0.1) is 0 Å². The van der Waals surface area contributed by atoms with Crippen LogP contribution >= 0.6 is 12.2 Å². The van der Waals surface area contributed by atoms with E-state index in [2.05, 4.69) is 5.32 Å². The first kappa shape index (κ1) is 23.4. The molecule has 0 unspecified atom stereocenters. The largest absolute Gasteiger partial charge is 0.494 e. The second kappa shape index (κ2) is 9.65. The van der Waals surface area contributed by atoms with Crippen LogP contribution in [-0.2, 0) is 9.59 Å². The molecule has 0 radical (unpaired) electrons. The van der Waals surface area contributed by atoms with Gasteiger partial charge in [0.2, 0.25) is 0 Å². The standard InChI is InChI=1S/C27H26N2O4S/c1-5-32-19-12-10-18-11-13-24(33-6-2)21(20(18)14-19)15-22-25(30)28-27(34)29(26(22)31)23-9-7-8-16(3)17(23)4/h7-15H,5-6H2,1-4H3,(H,28,30,34)/b22-15+. The number of anilines is 1. The molecule has 1 heterocycles. The fraction of sp³-hybridized carbons (Fsp3) is 0.222. The van der Waals surface area contributed by atoms with Gasteiger partial charge in [0.1, 0.15) is 17.1 Å². The SMILES string of the molecule is CCOc1ccc2ccc(OCC)c(/C=C3\C(=O)NC(=S)N(c4cccc(C)c4C)C3=O)c2c1. The average molecular weight is 475 g/mol. The van der Waals surface area contributed by atoms with Crippen LogP contribution in [0.5, 0.6) is 11.5 Å². The molecule has 1 aliphatic rings. The number of carbonyl (C=O) groups is 2. The molecule has 0 aromatic heterocycles. The van der Waals surface area contributed by atoms with Crippen LogP contribution in [0.15, 0.2) is 54.1 Å². The van der Waals surface area contributed by atoms with E-state index in [1.165, 1.54) is 4.90 Å². The lowest BCUT2D eigenvalue weighted by Crippen LogP contribution is -2.54. The molecule has 3 aromatic carbocycles. The smallest absolute Gasteiger partial charge is 0.270 e. The number of amides is 2. The van der Waals surface area contributed by atoms with Gasteiger partial charge in [0, 0.05) is 5.56 Å². The number of benzene rings is 3. The Balaban J connectivity index is 1.90. The van der Waals surface area contributed by atoms with Gasteiger partial charge in [-0.05, 0) is 92.2 Å². The van der Waals surface area contributed by atoms with Crippen LogP contribution in [0.2, 0.25) is 0 Å². The molecule has 4 rings (SSSR count). The third-order valence-electron chi connectivity index (χ3n) is 5.81. The maximum atomic E-state index is 13.6. The second-order valence-electron chi connectivity index (χ2n) is 7.90. The summed E-state index contributed by atoms with van der Waals surface area (Å²) in [6, 6.07) is 15.2. The van der Waals surface area contributed by atoms with Crippen molar-refractivity contribution >= 4 is 51.7 Å². The zero-order chi connectivity index (χ0) is 24.4. The first-order valence-electron chi connectivity index (χ1n) is 11.2.